The third kappa shape index (κ3) is 3.20. The van der Waals surface area contributed by atoms with Crippen molar-refractivity contribution in [1.29, 1.82) is 0 Å². The van der Waals surface area contributed by atoms with Gasteiger partial charge in [-0.2, -0.15) is 4.39 Å². The Morgan fingerprint density at radius 3 is 2.50 bits per heavy atom. The van der Waals surface area contributed by atoms with Gasteiger partial charge in [-0.15, -0.1) is 0 Å². The van der Waals surface area contributed by atoms with E-state index >= 15 is 0 Å². The van der Waals surface area contributed by atoms with Crippen LogP contribution in [0.2, 0.25) is 0 Å². The highest BCUT2D eigenvalue weighted by molar-refractivity contribution is 5.32. The molecule has 20 heavy (non-hydrogen) atoms. The first-order chi connectivity index (χ1) is 9.74. The van der Waals surface area contributed by atoms with E-state index in [2.05, 4.69) is 6.08 Å². The molecule has 0 unspecified atom stereocenters. The van der Waals surface area contributed by atoms with Crippen molar-refractivity contribution in [1.82, 2.24) is 0 Å². The van der Waals surface area contributed by atoms with Crippen LogP contribution in [0.25, 0.3) is 0 Å². The molecule has 2 saturated carbocycles. The van der Waals surface area contributed by atoms with E-state index < -0.39 is 11.6 Å². The SMILES string of the molecule is Fc1c(C/C=C/C2CC2)ccc(OC2CCCC2)c1F. The largest absolute Gasteiger partial charge is 0.487 e. The van der Waals surface area contributed by atoms with Crippen LogP contribution in [-0.4, -0.2) is 6.10 Å². The molecule has 3 rings (SSSR count). The second-order valence-electron chi connectivity index (χ2n) is 5.84. The molecule has 0 N–H and O–H groups in total. The topological polar surface area (TPSA) is 9.23 Å². The van der Waals surface area contributed by atoms with Crippen molar-refractivity contribution in [3.63, 3.8) is 0 Å². The predicted octanol–water partition coefficient (Wildman–Crippen LogP) is 4.79. The lowest BCUT2D eigenvalue weighted by atomic mass is 10.1. The van der Waals surface area contributed by atoms with Crippen molar-refractivity contribution < 1.29 is 13.5 Å². The van der Waals surface area contributed by atoms with Crippen LogP contribution < -0.4 is 4.74 Å². The summed E-state index contributed by atoms with van der Waals surface area (Å²) in [6.45, 7) is 0. The Kier molecular flexibility index (Phi) is 4.04. The predicted molar refractivity (Wildman–Crippen MR) is 74.8 cm³/mol. The molecule has 1 aromatic rings. The van der Waals surface area contributed by atoms with Crippen molar-refractivity contribution in [3.8, 4) is 5.75 Å². The Hall–Kier alpha value is -1.38. The summed E-state index contributed by atoms with van der Waals surface area (Å²) >= 11 is 0. The van der Waals surface area contributed by atoms with Crippen LogP contribution in [0.1, 0.15) is 44.1 Å². The molecule has 0 aromatic heterocycles. The van der Waals surface area contributed by atoms with Crippen LogP contribution in [0.5, 0.6) is 5.75 Å². The fourth-order valence-electron chi connectivity index (χ4n) is 2.68. The third-order valence-corrected chi connectivity index (χ3v) is 4.09. The van der Waals surface area contributed by atoms with E-state index in [1.54, 1.807) is 12.1 Å². The highest BCUT2D eigenvalue weighted by Crippen LogP contribution is 2.31. The molecule has 1 nitrogen and oxygen atoms in total. The number of rotatable bonds is 5. The van der Waals surface area contributed by atoms with Crippen molar-refractivity contribution in [2.45, 2.75) is 51.0 Å². The van der Waals surface area contributed by atoms with Crippen molar-refractivity contribution in [3.05, 3.63) is 41.5 Å². The van der Waals surface area contributed by atoms with Gasteiger partial charge in [0.2, 0.25) is 5.82 Å². The van der Waals surface area contributed by atoms with Crippen molar-refractivity contribution in [2.24, 2.45) is 5.92 Å². The molecule has 2 aliphatic carbocycles. The number of halogens is 2. The summed E-state index contributed by atoms with van der Waals surface area (Å²) in [5.74, 6) is -0.882. The fourth-order valence-corrected chi connectivity index (χ4v) is 2.68. The first-order valence-electron chi connectivity index (χ1n) is 7.54. The smallest absolute Gasteiger partial charge is 0.200 e. The highest BCUT2D eigenvalue weighted by atomic mass is 19.2. The summed E-state index contributed by atoms with van der Waals surface area (Å²) in [4.78, 5) is 0. The lowest BCUT2D eigenvalue weighted by Gasteiger charge is -2.14. The molecule has 0 radical (unpaired) electrons. The first-order valence-corrected chi connectivity index (χ1v) is 7.54. The molecule has 1 aromatic carbocycles. The van der Waals surface area contributed by atoms with Crippen LogP contribution in [0.15, 0.2) is 24.3 Å². The van der Waals surface area contributed by atoms with Crippen LogP contribution in [0.3, 0.4) is 0 Å². The third-order valence-electron chi connectivity index (χ3n) is 4.09. The Labute approximate surface area is 118 Å². The molecule has 2 fully saturated rings. The summed E-state index contributed by atoms with van der Waals surface area (Å²) in [6, 6.07) is 3.21. The minimum Gasteiger partial charge on any atom is -0.487 e. The molecule has 3 heteroatoms. The van der Waals surface area contributed by atoms with Gasteiger partial charge in [0.15, 0.2) is 11.6 Å². The maximum absolute atomic E-state index is 14.0. The van der Waals surface area contributed by atoms with Crippen LogP contribution in [-0.2, 0) is 6.42 Å². The van der Waals surface area contributed by atoms with E-state index in [1.807, 2.05) is 6.08 Å². The van der Waals surface area contributed by atoms with Crippen molar-refractivity contribution >= 4 is 0 Å². The standard InChI is InChI=1S/C17H20F2O/c18-16-13(5-3-4-12-8-9-12)10-11-15(17(16)19)20-14-6-1-2-7-14/h3-4,10-12,14H,1-2,5-9H2/b4-3+. The molecular weight excluding hydrogens is 258 g/mol. The minimum absolute atomic E-state index is 0.0458. The van der Waals surface area contributed by atoms with Crippen molar-refractivity contribution in [2.75, 3.05) is 0 Å². The Morgan fingerprint density at radius 1 is 1.05 bits per heavy atom. The van der Waals surface area contributed by atoms with E-state index in [-0.39, 0.29) is 11.9 Å². The second kappa shape index (κ2) is 5.94. The molecule has 0 atom stereocenters. The molecule has 2 aliphatic rings. The van der Waals surface area contributed by atoms with Gasteiger partial charge in [-0.1, -0.05) is 18.2 Å². The van der Waals surface area contributed by atoms with Gasteiger partial charge in [-0.05, 0) is 62.5 Å². The maximum atomic E-state index is 14.0. The highest BCUT2D eigenvalue weighted by Gasteiger charge is 2.21. The lowest BCUT2D eigenvalue weighted by Crippen LogP contribution is -2.12. The Bertz CT molecular complexity index is 500. The Balaban J connectivity index is 1.68. The molecule has 0 bridgehead atoms. The van der Waals surface area contributed by atoms with Gasteiger partial charge in [-0.3, -0.25) is 0 Å². The van der Waals surface area contributed by atoms with E-state index in [9.17, 15) is 8.78 Å². The number of allylic oxidation sites excluding steroid dienone is 2. The van der Waals surface area contributed by atoms with Gasteiger partial charge in [0.05, 0.1) is 6.10 Å². The zero-order valence-corrected chi connectivity index (χ0v) is 11.6. The van der Waals surface area contributed by atoms with E-state index in [1.165, 1.54) is 12.8 Å². The number of hydrogen-bond acceptors (Lipinski definition) is 1. The molecule has 0 aliphatic heterocycles. The molecular formula is C17H20F2O. The molecule has 108 valence electrons. The monoisotopic (exact) mass is 278 g/mol. The van der Waals surface area contributed by atoms with Gasteiger partial charge >= 0.3 is 0 Å². The fraction of sp³-hybridized carbons (Fsp3) is 0.529. The molecule has 0 heterocycles. The normalized spacial score (nSPS) is 19.9. The number of ether oxygens (including phenoxy) is 1. The van der Waals surface area contributed by atoms with Crippen LogP contribution in [0.4, 0.5) is 8.78 Å². The summed E-state index contributed by atoms with van der Waals surface area (Å²) in [6.07, 6.45) is 11.1. The van der Waals surface area contributed by atoms with Gasteiger partial charge in [0, 0.05) is 0 Å². The van der Waals surface area contributed by atoms with Crippen LogP contribution >= 0.6 is 0 Å². The van der Waals surface area contributed by atoms with E-state index in [0.717, 1.165) is 25.7 Å². The Morgan fingerprint density at radius 2 is 1.80 bits per heavy atom. The van der Waals surface area contributed by atoms with Gasteiger partial charge < -0.3 is 4.74 Å². The average molecular weight is 278 g/mol. The summed E-state index contributed by atoms with van der Waals surface area (Å²) in [7, 11) is 0. The zero-order chi connectivity index (χ0) is 13.9. The minimum atomic E-state index is -0.839. The average Bonchev–Trinajstić information content (AvgIpc) is 3.12. The summed E-state index contributed by atoms with van der Waals surface area (Å²) in [5, 5.41) is 0. The van der Waals surface area contributed by atoms with Gasteiger partial charge in [-0.25, -0.2) is 4.39 Å². The van der Waals surface area contributed by atoms with E-state index in [0.29, 0.717) is 17.9 Å². The zero-order valence-electron chi connectivity index (χ0n) is 11.6. The number of benzene rings is 1. The van der Waals surface area contributed by atoms with E-state index in [4.69, 9.17) is 4.74 Å². The quantitative estimate of drug-likeness (QED) is 0.703. The summed E-state index contributed by atoms with van der Waals surface area (Å²) < 4.78 is 33.5. The van der Waals surface area contributed by atoms with Crippen LogP contribution in [0, 0.1) is 17.6 Å². The maximum Gasteiger partial charge on any atom is 0.200 e. The second-order valence-corrected chi connectivity index (χ2v) is 5.84. The lowest BCUT2D eigenvalue weighted by molar-refractivity contribution is 0.198. The molecule has 0 spiro atoms. The molecule has 0 saturated heterocycles. The first kappa shape index (κ1) is 13.6. The molecule has 0 amide bonds. The van der Waals surface area contributed by atoms with Gasteiger partial charge in [0.1, 0.15) is 0 Å². The summed E-state index contributed by atoms with van der Waals surface area (Å²) in [5.41, 5.74) is 0.401. The van der Waals surface area contributed by atoms with Gasteiger partial charge in [0.25, 0.3) is 0 Å². The number of hydrogen-bond donors (Lipinski definition) is 0.